The summed E-state index contributed by atoms with van der Waals surface area (Å²) in [6, 6.07) is 13.1. The van der Waals surface area contributed by atoms with Gasteiger partial charge in [-0.05, 0) is 37.7 Å². The van der Waals surface area contributed by atoms with Gasteiger partial charge in [0.05, 0.1) is 0 Å². The molecule has 3 rings (SSSR count). The predicted octanol–water partition coefficient (Wildman–Crippen LogP) is 4.27. The van der Waals surface area contributed by atoms with E-state index in [0.29, 0.717) is 11.3 Å². The normalized spacial score (nSPS) is 11.2. The van der Waals surface area contributed by atoms with E-state index in [9.17, 15) is 4.39 Å². The summed E-state index contributed by atoms with van der Waals surface area (Å²) < 4.78 is 19.5. The highest BCUT2D eigenvalue weighted by Gasteiger charge is 2.12. The largest absolute Gasteiger partial charge is 0.453 e. The number of halogens is 1. The van der Waals surface area contributed by atoms with Gasteiger partial charge in [-0.3, -0.25) is 0 Å². The molecule has 0 atom stereocenters. The number of benzene rings is 2. The van der Waals surface area contributed by atoms with E-state index in [1.807, 2.05) is 26.1 Å². The van der Waals surface area contributed by atoms with Crippen LogP contribution in [0.3, 0.4) is 0 Å². The SMILES string of the molecule is CNCc1ccc(C)cc1-c1cc2cccc(F)c2o1. The van der Waals surface area contributed by atoms with Crippen LogP contribution in [0.15, 0.2) is 46.9 Å². The van der Waals surface area contributed by atoms with Gasteiger partial charge in [-0.25, -0.2) is 4.39 Å². The van der Waals surface area contributed by atoms with Crippen LogP contribution in [0.25, 0.3) is 22.3 Å². The molecule has 0 aliphatic heterocycles. The van der Waals surface area contributed by atoms with E-state index in [-0.39, 0.29) is 5.82 Å². The molecule has 0 saturated heterocycles. The first-order chi connectivity index (χ1) is 9.69. The summed E-state index contributed by atoms with van der Waals surface area (Å²) in [7, 11) is 1.90. The molecule has 1 heterocycles. The minimum absolute atomic E-state index is 0.319. The van der Waals surface area contributed by atoms with Gasteiger partial charge in [0.1, 0.15) is 5.76 Å². The minimum atomic E-state index is -0.323. The Morgan fingerprint density at radius 1 is 1.15 bits per heavy atom. The molecular formula is C17H16FNO. The first-order valence-corrected chi connectivity index (χ1v) is 6.61. The Morgan fingerprint density at radius 3 is 2.75 bits per heavy atom. The van der Waals surface area contributed by atoms with Crippen LogP contribution < -0.4 is 5.32 Å². The number of furan rings is 1. The van der Waals surface area contributed by atoms with Crippen LogP contribution in [0.2, 0.25) is 0 Å². The first kappa shape index (κ1) is 12.9. The molecule has 0 saturated carbocycles. The molecule has 0 unspecified atom stereocenters. The van der Waals surface area contributed by atoms with Crippen LogP contribution in [0.5, 0.6) is 0 Å². The molecule has 0 aliphatic carbocycles. The minimum Gasteiger partial charge on any atom is -0.453 e. The monoisotopic (exact) mass is 269 g/mol. The van der Waals surface area contributed by atoms with Crippen molar-refractivity contribution < 1.29 is 8.81 Å². The van der Waals surface area contributed by atoms with Gasteiger partial charge in [0.25, 0.3) is 0 Å². The van der Waals surface area contributed by atoms with E-state index < -0.39 is 0 Å². The van der Waals surface area contributed by atoms with E-state index in [2.05, 4.69) is 23.5 Å². The van der Waals surface area contributed by atoms with E-state index in [0.717, 1.165) is 28.6 Å². The van der Waals surface area contributed by atoms with Crippen molar-refractivity contribution in [1.82, 2.24) is 5.32 Å². The maximum atomic E-state index is 13.7. The van der Waals surface area contributed by atoms with Crippen molar-refractivity contribution in [2.75, 3.05) is 7.05 Å². The third-order valence-corrected chi connectivity index (χ3v) is 3.39. The highest BCUT2D eigenvalue weighted by molar-refractivity contribution is 5.83. The molecule has 0 bridgehead atoms. The zero-order chi connectivity index (χ0) is 14.1. The van der Waals surface area contributed by atoms with Gasteiger partial charge in [0.15, 0.2) is 11.4 Å². The van der Waals surface area contributed by atoms with Crippen molar-refractivity contribution >= 4 is 11.0 Å². The molecule has 0 radical (unpaired) electrons. The molecule has 2 aromatic carbocycles. The maximum absolute atomic E-state index is 13.7. The number of hydrogen-bond acceptors (Lipinski definition) is 2. The lowest BCUT2D eigenvalue weighted by Gasteiger charge is -2.08. The summed E-state index contributed by atoms with van der Waals surface area (Å²) in [6.07, 6.45) is 0. The van der Waals surface area contributed by atoms with Crippen LogP contribution in [0, 0.1) is 12.7 Å². The lowest BCUT2D eigenvalue weighted by Crippen LogP contribution is -2.06. The summed E-state index contributed by atoms with van der Waals surface area (Å²) in [6.45, 7) is 2.78. The van der Waals surface area contributed by atoms with Crippen molar-refractivity contribution in [2.24, 2.45) is 0 Å². The van der Waals surface area contributed by atoms with Crippen molar-refractivity contribution in [3.05, 3.63) is 59.4 Å². The fourth-order valence-corrected chi connectivity index (χ4v) is 2.42. The highest BCUT2D eigenvalue weighted by Crippen LogP contribution is 2.32. The Hall–Kier alpha value is -2.13. The van der Waals surface area contributed by atoms with Crippen LogP contribution in [-0.2, 0) is 6.54 Å². The van der Waals surface area contributed by atoms with Gasteiger partial charge in [-0.2, -0.15) is 0 Å². The molecule has 0 amide bonds. The molecule has 1 aromatic heterocycles. The third-order valence-electron chi connectivity index (χ3n) is 3.39. The van der Waals surface area contributed by atoms with E-state index in [1.165, 1.54) is 6.07 Å². The van der Waals surface area contributed by atoms with Crippen molar-refractivity contribution in [1.29, 1.82) is 0 Å². The smallest absolute Gasteiger partial charge is 0.170 e. The van der Waals surface area contributed by atoms with E-state index >= 15 is 0 Å². The Morgan fingerprint density at radius 2 is 2.00 bits per heavy atom. The van der Waals surface area contributed by atoms with Crippen molar-refractivity contribution in [3.8, 4) is 11.3 Å². The molecule has 3 aromatic rings. The van der Waals surface area contributed by atoms with Gasteiger partial charge >= 0.3 is 0 Å². The second-order valence-corrected chi connectivity index (χ2v) is 4.96. The van der Waals surface area contributed by atoms with Crippen LogP contribution in [-0.4, -0.2) is 7.05 Å². The molecule has 0 spiro atoms. The van der Waals surface area contributed by atoms with Gasteiger partial charge < -0.3 is 9.73 Å². The number of fused-ring (bicyclic) bond motifs is 1. The first-order valence-electron chi connectivity index (χ1n) is 6.61. The second kappa shape index (κ2) is 5.10. The summed E-state index contributed by atoms with van der Waals surface area (Å²) in [5.74, 6) is 0.385. The molecule has 2 nitrogen and oxygen atoms in total. The fourth-order valence-electron chi connectivity index (χ4n) is 2.42. The van der Waals surface area contributed by atoms with Gasteiger partial charge in [0.2, 0.25) is 0 Å². The van der Waals surface area contributed by atoms with Gasteiger partial charge in [-0.1, -0.05) is 29.8 Å². The van der Waals surface area contributed by atoms with E-state index in [1.54, 1.807) is 6.07 Å². The number of rotatable bonds is 3. The van der Waals surface area contributed by atoms with Crippen molar-refractivity contribution in [2.45, 2.75) is 13.5 Å². The molecule has 20 heavy (non-hydrogen) atoms. The Kier molecular flexibility index (Phi) is 3.28. The highest BCUT2D eigenvalue weighted by atomic mass is 19.1. The number of aryl methyl sites for hydroxylation is 1. The van der Waals surface area contributed by atoms with Crippen LogP contribution >= 0.6 is 0 Å². The standard InChI is InChI=1S/C17H16FNO/c1-11-6-7-13(10-19-2)14(8-11)16-9-12-4-3-5-15(18)17(12)20-16/h3-9,19H,10H2,1-2H3. The Labute approximate surface area is 117 Å². The lowest BCUT2D eigenvalue weighted by atomic mass is 10.0. The lowest BCUT2D eigenvalue weighted by molar-refractivity contribution is 0.568. The van der Waals surface area contributed by atoms with Gasteiger partial charge in [-0.15, -0.1) is 0 Å². The maximum Gasteiger partial charge on any atom is 0.170 e. The number of nitrogens with one attached hydrogen (secondary N) is 1. The second-order valence-electron chi connectivity index (χ2n) is 4.96. The van der Waals surface area contributed by atoms with Crippen LogP contribution in [0.1, 0.15) is 11.1 Å². The summed E-state index contributed by atoms with van der Waals surface area (Å²) in [5, 5.41) is 3.93. The van der Waals surface area contributed by atoms with Crippen molar-refractivity contribution in [3.63, 3.8) is 0 Å². The summed E-state index contributed by atoms with van der Waals surface area (Å²) >= 11 is 0. The molecule has 0 aliphatic rings. The molecule has 3 heteroatoms. The zero-order valence-corrected chi connectivity index (χ0v) is 11.5. The topological polar surface area (TPSA) is 25.2 Å². The summed E-state index contributed by atoms with van der Waals surface area (Å²) in [4.78, 5) is 0. The van der Waals surface area contributed by atoms with E-state index in [4.69, 9.17) is 4.42 Å². The Balaban J connectivity index is 2.19. The molecule has 0 fully saturated rings. The molecular weight excluding hydrogens is 253 g/mol. The predicted molar refractivity (Wildman–Crippen MR) is 79.1 cm³/mol. The van der Waals surface area contributed by atoms with Crippen LogP contribution in [0.4, 0.5) is 4.39 Å². The summed E-state index contributed by atoms with van der Waals surface area (Å²) in [5.41, 5.74) is 3.62. The molecule has 102 valence electrons. The number of hydrogen-bond donors (Lipinski definition) is 1. The average molecular weight is 269 g/mol. The average Bonchev–Trinajstić information content (AvgIpc) is 2.86. The number of para-hydroxylation sites is 1. The third kappa shape index (κ3) is 2.21. The Bertz CT molecular complexity index is 761. The molecule has 1 N–H and O–H groups in total. The zero-order valence-electron chi connectivity index (χ0n) is 11.5. The fraction of sp³-hybridized carbons (Fsp3) is 0.176. The quantitative estimate of drug-likeness (QED) is 0.768. The van der Waals surface area contributed by atoms with Gasteiger partial charge in [0, 0.05) is 17.5 Å².